The lowest BCUT2D eigenvalue weighted by Gasteiger charge is -2.35. The highest BCUT2D eigenvalue weighted by Crippen LogP contribution is 2.29. The van der Waals surface area contributed by atoms with Gasteiger partial charge in [0.15, 0.2) is 0 Å². The van der Waals surface area contributed by atoms with Crippen LogP contribution in [0.2, 0.25) is 0 Å². The fourth-order valence-electron chi connectivity index (χ4n) is 3.35. The molecule has 0 spiro atoms. The number of hydrogen-bond donors (Lipinski definition) is 1. The quantitative estimate of drug-likeness (QED) is 0.887. The van der Waals surface area contributed by atoms with Gasteiger partial charge in [-0.1, -0.05) is 0 Å². The summed E-state index contributed by atoms with van der Waals surface area (Å²) in [5, 5.41) is 3.65. The van der Waals surface area contributed by atoms with Gasteiger partial charge in [0, 0.05) is 30.9 Å². The number of nitrogens with one attached hydrogen (secondary N) is 1. The molecule has 2 atom stereocenters. The summed E-state index contributed by atoms with van der Waals surface area (Å²) in [7, 11) is 2.14. The Morgan fingerprint density at radius 1 is 1.33 bits per heavy atom. The van der Waals surface area contributed by atoms with Crippen LogP contribution >= 0.6 is 0 Å². The van der Waals surface area contributed by atoms with Crippen molar-refractivity contribution >= 4 is 0 Å². The van der Waals surface area contributed by atoms with Crippen molar-refractivity contribution in [3.05, 3.63) is 29.8 Å². The molecule has 2 fully saturated rings. The molecule has 0 amide bonds. The van der Waals surface area contributed by atoms with E-state index in [9.17, 15) is 4.39 Å². The monoisotopic (exact) mass is 249 g/mol. The normalized spacial score (nSPS) is 30.9. The summed E-state index contributed by atoms with van der Waals surface area (Å²) >= 11 is 0. The van der Waals surface area contributed by atoms with Crippen LogP contribution in [0.5, 0.6) is 0 Å². The van der Waals surface area contributed by atoms with Gasteiger partial charge < -0.3 is 5.32 Å². The van der Waals surface area contributed by atoms with Crippen molar-refractivity contribution in [2.24, 2.45) is 0 Å². The van der Waals surface area contributed by atoms with Crippen LogP contribution < -0.4 is 5.32 Å². The fraction of sp³-hybridized carbons (Fsp3) is 0.643. The highest BCUT2D eigenvalue weighted by molar-refractivity contribution is 5.10. The Morgan fingerprint density at radius 2 is 2.06 bits per heavy atom. The number of fused-ring (bicyclic) bond motifs is 2. The van der Waals surface area contributed by atoms with Crippen LogP contribution in [0.1, 0.15) is 31.2 Å². The molecule has 2 saturated heterocycles. The minimum Gasteiger partial charge on any atom is -0.311 e. The first-order valence-corrected chi connectivity index (χ1v) is 6.76. The lowest BCUT2D eigenvalue weighted by Crippen LogP contribution is -2.46. The summed E-state index contributed by atoms with van der Waals surface area (Å²) in [5.41, 5.74) is 0.961. The number of hydrogen-bond acceptors (Lipinski definition) is 3. The maximum absolute atomic E-state index is 13.1. The zero-order chi connectivity index (χ0) is 12.5. The van der Waals surface area contributed by atoms with Crippen molar-refractivity contribution in [1.82, 2.24) is 15.2 Å². The third-order valence-electron chi connectivity index (χ3n) is 4.27. The molecule has 4 heteroatoms. The van der Waals surface area contributed by atoms with Gasteiger partial charge in [-0.05, 0) is 44.4 Å². The molecule has 0 aliphatic carbocycles. The lowest BCUT2D eigenvalue weighted by molar-refractivity contribution is 0.165. The van der Waals surface area contributed by atoms with Crippen LogP contribution in [0.3, 0.4) is 0 Å². The molecule has 1 N–H and O–H groups in total. The second-order valence-corrected chi connectivity index (χ2v) is 5.69. The Labute approximate surface area is 107 Å². The van der Waals surface area contributed by atoms with Crippen molar-refractivity contribution in [2.75, 3.05) is 7.05 Å². The van der Waals surface area contributed by atoms with Crippen molar-refractivity contribution in [2.45, 2.75) is 50.4 Å². The Kier molecular flexibility index (Phi) is 3.31. The summed E-state index contributed by atoms with van der Waals surface area (Å²) in [5.74, 6) is -0.244. The maximum Gasteiger partial charge on any atom is 0.141 e. The number of rotatable bonds is 3. The van der Waals surface area contributed by atoms with E-state index < -0.39 is 0 Å². The summed E-state index contributed by atoms with van der Waals surface area (Å²) < 4.78 is 13.1. The van der Waals surface area contributed by atoms with Crippen LogP contribution in [0.15, 0.2) is 18.5 Å². The van der Waals surface area contributed by atoms with E-state index in [1.54, 1.807) is 12.3 Å². The standard InChI is InChI=1S/C14H20FN3/c1-18(9-10-4-11(15)8-16-7-10)14-5-12-2-3-13(6-14)17-12/h4,7-8,12-14,17H,2-3,5-6,9H2,1H3. The van der Waals surface area contributed by atoms with E-state index in [0.29, 0.717) is 18.1 Å². The van der Waals surface area contributed by atoms with Crippen LogP contribution in [-0.2, 0) is 6.54 Å². The average Bonchev–Trinajstić information content (AvgIpc) is 2.68. The van der Waals surface area contributed by atoms with Crippen molar-refractivity contribution in [3.63, 3.8) is 0 Å². The zero-order valence-electron chi connectivity index (χ0n) is 10.8. The first-order chi connectivity index (χ1) is 8.70. The van der Waals surface area contributed by atoms with E-state index in [4.69, 9.17) is 0 Å². The molecule has 0 radical (unpaired) electrons. The zero-order valence-corrected chi connectivity index (χ0v) is 10.8. The van der Waals surface area contributed by atoms with Gasteiger partial charge in [-0.3, -0.25) is 9.88 Å². The molecule has 1 aromatic rings. The molecule has 1 aromatic heterocycles. The molecule has 2 bridgehead atoms. The minimum atomic E-state index is -0.244. The van der Waals surface area contributed by atoms with Crippen molar-refractivity contribution < 1.29 is 4.39 Å². The molecule has 3 nitrogen and oxygen atoms in total. The van der Waals surface area contributed by atoms with E-state index in [2.05, 4.69) is 22.2 Å². The number of piperidine rings is 1. The maximum atomic E-state index is 13.1. The number of aromatic nitrogens is 1. The van der Waals surface area contributed by atoms with Crippen molar-refractivity contribution in [3.8, 4) is 0 Å². The predicted molar refractivity (Wildman–Crippen MR) is 68.6 cm³/mol. The molecule has 2 aliphatic rings. The van der Waals surface area contributed by atoms with Crippen molar-refractivity contribution in [1.29, 1.82) is 0 Å². The molecule has 18 heavy (non-hydrogen) atoms. The lowest BCUT2D eigenvalue weighted by atomic mass is 9.98. The highest BCUT2D eigenvalue weighted by atomic mass is 19.1. The molecular formula is C14H20FN3. The second-order valence-electron chi connectivity index (χ2n) is 5.69. The Morgan fingerprint density at radius 3 is 2.72 bits per heavy atom. The van der Waals surface area contributed by atoms with Crippen LogP contribution in [-0.4, -0.2) is 35.1 Å². The van der Waals surface area contributed by atoms with Gasteiger partial charge in [-0.15, -0.1) is 0 Å². The van der Waals surface area contributed by atoms with Crippen LogP contribution in [0.25, 0.3) is 0 Å². The molecule has 2 unspecified atom stereocenters. The third-order valence-corrected chi connectivity index (χ3v) is 4.27. The number of nitrogens with zero attached hydrogens (tertiary/aromatic N) is 2. The summed E-state index contributed by atoms with van der Waals surface area (Å²) in [6.45, 7) is 0.787. The molecule has 2 aliphatic heterocycles. The SMILES string of the molecule is CN(Cc1cncc(F)c1)C1CC2CCC(C1)N2. The van der Waals surface area contributed by atoms with Gasteiger partial charge in [0.1, 0.15) is 5.82 Å². The molecule has 0 aromatic carbocycles. The Hall–Kier alpha value is -1.00. The first kappa shape index (κ1) is 12.1. The van der Waals surface area contributed by atoms with E-state index in [1.165, 1.54) is 31.9 Å². The molecule has 3 rings (SSSR count). The molecular weight excluding hydrogens is 229 g/mol. The van der Waals surface area contributed by atoms with E-state index in [-0.39, 0.29) is 5.82 Å². The smallest absolute Gasteiger partial charge is 0.141 e. The van der Waals surface area contributed by atoms with E-state index >= 15 is 0 Å². The Balaban J connectivity index is 1.63. The summed E-state index contributed by atoms with van der Waals surface area (Å²) in [4.78, 5) is 6.26. The second kappa shape index (κ2) is 4.94. The van der Waals surface area contributed by atoms with Gasteiger partial charge in [0.25, 0.3) is 0 Å². The summed E-state index contributed by atoms with van der Waals surface area (Å²) in [6.07, 6.45) is 8.09. The van der Waals surface area contributed by atoms with E-state index in [0.717, 1.165) is 12.1 Å². The molecule has 98 valence electrons. The topological polar surface area (TPSA) is 28.2 Å². The Bertz CT molecular complexity index is 411. The van der Waals surface area contributed by atoms with Gasteiger partial charge in [0.05, 0.1) is 6.20 Å². The fourth-order valence-corrected chi connectivity index (χ4v) is 3.35. The molecule has 0 saturated carbocycles. The molecule has 3 heterocycles. The largest absolute Gasteiger partial charge is 0.311 e. The number of pyridine rings is 1. The van der Waals surface area contributed by atoms with Gasteiger partial charge in [-0.25, -0.2) is 4.39 Å². The predicted octanol–water partition coefficient (Wildman–Crippen LogP) is 1.94. The average molecular weight is 249 g/mol. The van der Waals surface area contributed by atoms with Gasteiger partial charge >= 0.3 is 0 Å². The first-order valence-electron chi connectivity index (χ1n) is 6.76. The van der Waals surface area contributed by atoms with Crippen LogP contribution in [0.4, 0.5) is 4.39 Å². The van der Waals surface area contributed by atoms with Gasteiger partial charge in [0.2, 0.25) is 0 Å². The van der Waals surface area contributed by atoms with Gasteiger partial charge in [-0.2, -0.15) is 0 Å². The number of halogens is 1. The minimum absolute atomic E-state index is 0.244. The van der Waals surface area contributed by atoms with Crippen LogP contribution in [0, 0.1) is 5.82 Å². The van der Waals surface area contributed by atoms with E-state index in [1.807, 2.05) is 0 Å². The summed E-state index contributed by atoms with van der Waals surface area (Å²) in [6, 6.07) is 3.59. The highest BCUT2D eigenvalue weighted by Gasteiger charge is 2.34. The third kappa shape index (κ3) is 2.54.